The zero-order valence-corrected chi connectivity index (χ0v) is 15.7. The minimum Gasteiger partial charge on any atom is -0.507 e. The van der Waals surface area contributed by atoms with E-state index in [2.05, 4.69) is 0 Å². The zero-order valence-electron chi connectivity index (χ0n) is 15.7. The van der Waals surface area contributed by atoms with E-state index in [4.69, 9.17) is 9.15 Å². The topological polar surface area (TPSA) is 80.0 Å². The molecular weight excluding hydrogens is 370 g/mol. The van der Waals surface area contributed by atoms with Crippen molar-refractivity contribution in [1.29, 1.82) is 0 Å². The second-order valence-corrected chi connectivity index (χ2v) is 6.65. The molecule has 2 aromatic carbocycles. The number of methoxy groups -OCH3 is 1. The standard InChI is InChI=1S/C23H19NO5/c1-28-17-11-9-15(10-12-17)20-19(21(25)16-6-3-2-4-7-16)22(26)23(27)24(20)14-18-8-5-13-29-18/h2-13,20,25H,14H2,1H3/b21-19+/t20-/m0/s1. The molecule has 1 atom stereocenters. The first-order valence-corrected chi connectivity index (χ1v) is 9.10. The van der Waals surface area contributed by atoms with E-state index in [1.54, 1.807) is 67.8 Å². The maximum Gasteiger partial charge on any atom is 0.296 e. The Hall–Kier alpha value is -3.80. The highest BCUT2D eigenvalue weighted by Gasteiger charge is 2.46. The molecule has 0 radical (unpaired) electrons. The molecule has 1 N–H and O–H groups in total. The van der Waals surface area contributed by atoms with Crippen LogP contribution >= 0.6 is 0 Å². The average molecular weight is 389 g/mol. The highest BCUT2D eigenvalue weighted by Crippen LogP contribution is 2.40. The summed E-state index contributed by atoms with van der Waals surface area (Å²) in [6.07, 6.45) is 1.51. The Kier molecular flexibility index (Phi) is 4.91. The molecule has 29 heavy (non-hydrogen) atoms. The van der Waals surface area contributed by atoms with Crippen molar-refractivity contribution >= 4 is 17.4 Å². The van der Waals surface area contributed by atoms with Crippen molar-refractivity contribution in [2.75, 3.05) is 7.11 Å². The monoisotopic (exact) mass is 389 g/mol. The molecule has 0 aliphatic carbocycles. The van der Waals surface area contributed by atoms with Crippen LogP contribution in [0.25, 0.3) is 5.76 Å². The maximum absolute atomic E-state index is 12.9. The minimum atomic E-state index is -0.744. The smallest absolute Gasteiger partial charge is 0.296 e. The molecule has 146 valence electrons. The number of aliphatic hydroxyl groups is 1. The number of Topliss-reactive ketones (excluding diaryl/α,β-unsaturated/α-hetero) is 1. The number of aliphatic hydroxyl groups excluding tert-OH is 1. The Balaban J connectivity index is 1.85. The van der Waals surface area contributed by atoms with Crippen LogP contribution in [-0.2, 0) is 16.1 Å². The first kappa shape index (κ1) is 18.6. The molecule has 1 amide bonds. The van der Waals surface area contributed by atoms with E-state index in [9.17, 15) is 14.7 Å². The van der Waals surface area contributed by atoms with Gasteiger partial charge in [-0.3, -0.25) is 9.59 Å². The van der Waals surface area contributed by atoms with Crippen LogP contribution in [0.4, 0.5) is 0 Å². The number of benzene rings is 2. The van der Waals surface area contributed by atoms with Gasteiger partial charge >= 0.3 is 0 Å². The molecule has 1 aromatic heterocycles. The Morgan fingerprint density at radius 3 is 2.38 bits per heavy atom. The number of ether oxygens (including phenoxy) is 1. The van der Waals surface area contributed by atoms with Gasteiger partial charge in [0.15, 0.2) is 0 Å². The predicted octanol–water partition coefficient (Wildman–Crippen LogP) is 3.91. The lowest BCUT2D eigenvalue weighted by molar-refractivity contribution is -0.140. The third-order valence-electron chi connectivity index (χ3n) is 4.93. The number of hydrogen-bond acceptors (Lipinski definition) is 5. The van der Waals surface area contributed by atoms with Gasteiger partial charge in [0.25, 0.3) is 11.7 Å². The maximum atomic E-state index is 12.9. The Labute approximate surface area is 167 Å². The van der Waals surface area contributed by atoms with Crippen molar-refractivity contribution in [2.24, 2.45) is 0 Å². The van der Waals surface area contributed by atoms with Crippen molar-refractivity contribution in [3.8, 4) is 5.75 Å². The quantitative estimate of drug-likeness (QED) is 0.407. The number of amides is 1. The number of hydrogen-bond donors (Lipinski definition) is 1. The van der Waals surface area contributed by atoms with Gasteiger partial charge in [0.2, 0.25) is 0 Å². The highest BCUT2D eigenvalue weighted by atomic mass is 16.5. The SMILES string of the molecule is COc1ccc([C@H]2/C(=C(\O)c3ccccc3)C(=O)C(=O)N2Cc2ccco2)cc1. The summed E-state index contributed by atoms with van der Waals surface area (Å²) in [5.41, 5.74) is 1.22. The second kappa shape index (κ2) is 7.67. The molecule has 1 aliphatic rings. The van der Waals surface area contributed by atoms with Gasteiger partial charge in [-0.25, -0.2) is 0 Å². The summed E-state index contributed by atoms with van der Waals surface area (Å²) in [6.45, 7) is 0.111. The molecule has 0 bridgehead atoms. The average Bonchev–Trinajstić information content (AvgIpc) is 3.36. The van der Waals surface area contributed by atoms with E-state index in [0.717, 1.165) is 0 Å². The van der Waals surface area contributed by atoms with Crippen LogP contribution in [0.15, 0.2) is 83.0 Å². The number of nitrogens with zero attached hydrogens (tertiary/aromatic N) is 1. The van der Waals surface area contributed by atoms with Gasteiger partial charge in [-0.1, -0.05) is 42.5 Å². The molecule has 1 fully saturated rings. The van der Waals surface area contributed by atoms with E-state index >= 15 is 0 Å². The fraction of sp³-hybridized carbons (Fsp3) is 0.130. The second-order valence-electron chi connectivity index (χ2n) is 6.65. The number of carbonyl (C=O) groups excluding carboxylic acids is 2. The van der Waals surface area contributed by atoms with Gasteiger partial charge in [0, 0.05) is 5.56 Å². The zero-order chi connectivity index (χ0) is 20.4. The minimum absolute atomic E-state index is 0.0536. The number of likely N-dealkylation sites (tertiary alicyclic amines) is 1. The molecule has 1 saturated heterocycles. The molecular formula is C23H19NO5. The van der Waals surface area contributed by atoms with Gasteiger partial charge in [0.05, 0.1) is 31.5 Å². The van der Waals surface area contributed by atoms with Crippen molar-refractivity contribution in [2.45, 2.75) is 12.6 Å². The van der Waals surface area contributed by atoms with Crippen LogP contribution in [0.1, 0.15) is 22.9 Å². The van der Waals surface area contributed by atoms with Crippen molar-refractivity contribution in [1.82, 2.24) is 4.90 Å². The molecule has 0 saturated carbocycles. The Bertz CT molecular complexity index is 1050. The van der Waals surface area contributed by atoms with Crippen LogP contribution in [0.5, 0.6) is 5.75 Å². The van der Waals surface area contributed by atoms with E-state index in [-0.39, 0.29) is 17.9 Å². The lowest BCUT2D eigenvalue weighted by Crippen LogP contribution is -2.29. The predicted molar refractivity (Wildman–Crippen MR) is 106 cm³/mol. The third kappa shape index (κ3) is 3.40. The van der Waals surface area contributed by atoms with Gasteiger partial charge in [-0.05, 0) is 29.8 Å². The molecule has 2 heterocycles. The summed E-state index contributed by atoms with van der Waals surface area (Å²) >= 11 is 0. The summed E-state index contributed by atoms with van der Waals surface area (Å²) < 4.78 is 10.6. The number of furan rings is 1. The first-order valence-electron chi connectivity index (χ1n) is 9.10. The van der Waals surface area contributed by atoms with E-state index in [1.165, 1.54) is 11.2 Å². The lowest BCUT2D eigenvalue weighted by atomic mass is 9.95. The fourth-order valence-electron chi connectivity index (χ4n) is 3.50. The fourth-order valence-corrected chi connectivity index (χ4v) is 3.50. The Morgan fingerprint density at radius 2 is 1.76 bits per heavy atom. The summed E-state index contributed by atoms with van der Waals surface area (Å²) in [4.78, 5) is 27.2. The lowest BCUT2D eigenvalue weighted by Gasteiger charge is -2.24. The number of rotatable bonds is 5. The molecule has 6 heteroatoms. The van der Waals surface area contributed by atoms with Crippen molar-refractivity contribution in [3.05, 3.63) is 95.5 Å². The van der Waals surface area contributed by atoms with Gasteiger partial charge < -0.3 is 19.2 Å². The van der Waals surface area contributed by atoms with Crippen molar-refractivity contribution in [3.63, 3.8) is 0 Å². The highest BCUT2D eigenvalue weighted by molar-refractivity contribution is 6.46. The van der Waals surface area contributed by atoms with Crippen molar-refractivity contribution < 1.29 is 23.8 Å². The van der Waals surface area contributed by atoms with Crippen LogP contribution in [0.3, 0.4) is 0 Å². The van der Waals surface area contributed by atoms with Gasteiger partial charge in [-0.2, -0.15) is 0 Å². The number of carbonyl (C=O) groups is 2. The van der Waals surface area contributed by atoms with Gasteiger partial charge in [0.1, 0.15) is 17.3 Å². The molecule has 3 aromatic rings. The van der Waals surface area contributed by atoms with Crippen LogP contribution in [-0.4, -0.2) is 28.8 Å². The van der Waals surface area contributed by atoms with Crippen LogP contribution in [0.2, 0.25) is 0 Å². The van der Waals surface area contributed by atoms with Crippen LogP contribution in [0, 0.1) is 0 Å². The summed E-state index contributed by atoms with van der Waals surface area (Å²) in [5.74, 6) is -0.407. The summed E-state index contributed by atoms with van der Waals surface area (Å²) in [5, 5.41) is 10.9. The molecule has 4 rings (SSSR count). The normalized spacial score (nSPS) is 18.2. The largest absolute Gasteiger partial charge is 0.507 e. The van der Waals surface area contributed by atoms with Gasteiger partial charge in [-0.15, -0.1) is 0 Å². The molecule has 0 unspecified atom stereocenters. The first-order chi connectivity index (χ1) is 14.1. The number of ketones is 1. The van der Waals surface area contributed by atoms with E-state index < -0.39 is 17.7 Å². The molecule has 0 spiro atoms. The molecule has 6 nitrogen and oxygen atoms in total. The Morgan fingerprint density at radius 1 is 1.03 bits per heavy atom. The van der Waals surface area contributed by atoms with Crippen LogP contribution < -0.4 is 4.74 Å². The van der Waals surface area contributed by atoms with E-state index in [0.29, 0.717) is 22.6 Å². The summed E-state index contributed by atoms with van der Waals surface area (Å²) in [6, 6.07) is 18.5. The summed E-state index contributed by atoms with van der Waals surface area (Å²) in [7, 11) is 1.56. The third-order valence-corrected chi connectivity index (χ3v) is 4.93. The van der Waals surface area contributed by atoms with E-state index in [1.807, 2.05) is 6.07 Å². The molecule has 1 aliphatic heterocycles.